The van der Waals surface area contributed by atoms with Gasteiger partial charge in [-0.2, -0.15) is 0 Å². The second-order valence-corrected chi connectivity index (χ2v) is 29.4. The molecule has 87 heavy (non-hydrogen) atoms. The van der Waals surface area contributed by atoms with Crippen molar-refractivity contribution in [1.29, 1.82) is 0 Å². The van der Waals surface area contributed by atoms with Crippen LogP contribution in [-0.4, -0.2) is 120 Å². The van der Waals surface area contributed by atoms with Crippen molar-refractivity contribution in [3.8, 4) is 11.5 Å². The van der Waals surface area contributed by atoms with E-state index in [1.165, 1.54) is 35.6 Å². The summed E-state index contributed by atoms with van der Waals surface area (Å²) in [5, 5.41) is 62.2. The molecule has 4 saturated carbocycles. The summed E-state index contributed by atoms with van der Waals surface area (Å²) in [6.45, 7) is 4.97. The van der Waals surface area contributed by atoms with E-state index in [2.05, 4.69) is 87.3 Å². The van der Waals surface area contributed by atoms with Crippen LogP contribution in [0, 0.1) is 52.3 Å². The van der Waals surface area contributed by atoms with Crippen LogP contribution < -0.4 is 42.8 Å². The predicted octanol–water partition coefficient (Wildman–Crippen LogP) is 8.40. The Kier molecular flexibility index (Phi) is 21.5. The SMILES string of the molecule is C[C@H](O)CN[C@H]1C[C@]2(C[C@@H]3[C@H]4CCNC[C@@H]4C[C@@H]4C=CCN[C@H]34)C[C@@H]3CC[C@@H]2[C@@]12CC[C@H](CCNC(N)=NCSSCC1=C(CCc4cccc(CCc5ccccc5)c4)C(=CNC1N)Cc1cc(O)c(OCO)cc1/C(CO)=C/C(=O)CC(=O)C3)C2. The number of aromatic hydroxyl groups is 1. The van der Waals surface area contributed by atoms with E-state index in [0.29, 0.717) is 96.1 Å². The van der Waals surface area contributed by atoms with Crippen molar-refractivity contribution in [3.63, 3.8) is 0 Å². The Bertz CT molecular complexity index is 3040. The van der Waals surface area contributed by atoms with Crippen LogP contribution in [-0.2, 0) is 35.3 Å². The van der Waals surface area contributed by atoms with E-state index in [1.807, 2.05) is 19.2 Å². The van der Waals surface area contributed by atoms with Crippen molar-refractivity contribution in [3.05, 3.63) is 136 Å². The van der Waals surface area contributed by atoms with Crippen LogP contribution in [0.15, 0.2) is 113 Å². The van der Waals surface area contributed by atoms with Crippen molar-refractivity contribution >= 4 is 44.7 Å². The van der Waals surface area contributed by atoms with Crippen molar-refractivity contribution < 1.29 is 34.8 Å². The number of ether oxygens (including phenoxy) is 1. The van der Waals surface area contributed by atoms with Crippen LogP contribution in [0.2, 0.25) is 0 Å². The molecule has 12 rings (SSSR count). The van der Waals surface area contributed by atoms with E-state index in [1.54, 1.807) is 33.7 Å². The van der Waals surface area contributed by atoms with Gasteiger partial charge in [-0.05, 0) is 243 Å². The van der Waals surface area contributed by atoms with Gasteiger partial charge in [-0.25, -0.2) is 4.99 Å². The summed E-state index contributed by atoms with van der Waals surface area (Å²) in [4.78, 5) is 33.8. The molecule has 0 radical (unpaired) electrons. The Labute approximate surface area is 523 Å². The topological polar surface area (TPSA) is 249 Å². The normalized spacial score (nSPS) is 32.6. The number of dihydropyridines is 1. The van der Waals surface area contributed by atoms with Crippen LogP contribution in [0.1, 0.15) is 125 Å². The molecule has 1 saturated heterocycles. The molecule has 0 amide bonds. The number of aliphatic hydroxyl groups excluding tert-OH is 3. The fourth-order valence-electron chi connectivity index (χ4n) is 18.0. The Hall–Kier alpha value is -4.95. The monoisotopic (exact) mass is 1220 g/mol. The number of guanidine groups is 1. The smallest absolute Gasteiger partial charge is 0.189 e. The molecule has 15 nitrogen and oxygen atoms in total. The highest BCUT2D eigenvalue weighted by Crippen LogP contribution is 2.70. The predicted molar refractivity (Wildman–Crippen MR) is 351 cm³/mol. The third-order valence-electron chi connectivity index (χ3n) is 21.6. The third-order valence-corrected chi connectivity index (χ3v) is 23.6. The molecule has 1 unspecified atom stereocenters. The van der Waals surface area contributed by atoms with Crippen LogP contribution in [0.25, 0.3) is 5.57 Å². The molecule has 5 aliphatic heterocycles. The van der Waals surface area contributed by atoms with Gasteiger partial charge in [0.15, 0.2) is 30.0 Å². The molecular formula is C70H96N8O7S2. The van der Waals surface area contributed by atoms with Crippen LogP contribution in [0.3, 0.4) is 0 Å². The third kappa shape index (κ3) is 15.1. The summed E-state index contributed by atoms with van der Waals surface area (Å²) in [6, 6.07) is 23.1. The van der Waals surface area contributed by atoms with Gasteiger partial charge < -0.3 is 63.2 Å². The number of aliphatic hydroxyl groups is 3. The average molecular weight is 1230 g/mol. The van der Waals surface area contributed by atoms with Gasteiger partial charge in [0.1, 0.15) is 5.78 Å². The molecule has 17 heteroatoms. The number of hydrogen-bond donors (Lipinski definition) is 11. The zero-order valence-electron chi connectivity index (χ0n) is 51.0. The van der Waals surface area contributed by atoms with E-state index in [0.717, 1.165) is 120 Å². The number of allylic oxidation sites excluding steroid dienone is 3. The summed E-state index contributed by atoms with van der Waals surface area (Å²) in [7, 11) is 3.30. The number of hydrogen-bond acceptors (Lipinski definition) is 17. The number of nitrogens with zero attached hydrogens (tertiary/aromatic N) is 1. The van der Waals surface area contributed by atoms with E-state index < -0.39 is 31.5 Å². The summed E-state index contributed by atoms with van der Waals surface area (Å²) in [5.74, 6) is 4.18. The maximum absolute atomic E-state index is 14.6. The number of benzene rings is 3. The molecule has 7 bridgehead atoms. The minimum absolute atomic E-state index is 0.00298. The number of carbonyl (C=O) groups excluding carboxylic acids is 2. The van der Waals surface area contributed by atoms with E-state index in [-0.39, 0.29) is 52.1 Å². The fraction of sp³-hybridized carbons (Fsp3) is 0.586. The number of phenols is 1. The number of aliphatic imine (C=N–C) groups is 1. The van der Waals surface area contributed by atoms with Crippen LogP contribution >= 0.6 is 21.6 Å². The van der Waals surface area contributed by atoms with Gasteiger partial charge in [0.05, 0.1) is 31.2 Å². The van der Waals surface area contributed by atoms with Gasteiger partial charge in [-0.15, -0.1) is 0 Å². The molecule has 0 aromatic heterocycles. The molecule has 5 heterocycles. The maximum Gasteiger partial charge on any atom is 0.189 e. The fourth-order valence-corrected chi connectivity index (χ4v) is 19.8. The number of nitrogens with two attached hydrogens (primary N) is 2. The lowest BCUT2D eigenvalue weighted by Gasteiger charge is -2.55. The van der Waals surface area contributed by atoms with Crippen LogP contribution in [0.5, 0.6) is 11.5 Å². The first-order valence-corrected chi connectivity index (χ1v) is 35.1. The van der Waals surface area contributed by atoms with E-state index in [4.69, 9.17) is 21.2 Å². The zero-order valence-corrected chi connectivity index (χ0v) is 52.7. The lowest BCUT2D eigenvalue weighted by atomic mass is 9.52. The number of fused-ring (bicyclic) bond motifs is 14. The van der Waals surface area contributed by atoms with E-state index in [9.17, 15) is 30.0 Å². The van der Waals surface area contributed by atoms with Gasteiger partial charge in [0.2, 0.25) is 0 Å². The summed E-state index contributed by atoms with van der Waals surface area (Å²) in [6.07, 6.45) is 22.7. The number of ketones is 2. The first-order valence-electron chi connectivity index (χ1n) is 32.6. The van der Waals surface area contributed by atoms with Gasteiger partial charge in [0, 0.05) is 50.1 Å². The van der Waals surface area contributed by atoms with Gasteiger partial charge in [-0.3, -0.25) is 9.59 Å². The second kappa shape index (κ2) is 29.3. The first-order chi connectivity index (χ1) is 42.3. The van der Waals surface area contributed by atoms with Crippen molar-refractivity contribution in [2.75, 3.05) is 57.8 Å². The molecular weight excluding hydrogens is 1130 g/mol. The highest BCUT2D eigenvalue weighted by atomic mass is 33.1. The Morgan fingerprint density at radius 3 is 2.53 bits per heavy atom. The highest BCUT2D eigenvalue weighted by Gasteiger charge is 2.65. The Balaban J connectivity index is 0.903. The van der Waals surface area contributed by atoms with Crippen molar-refractivity contribution in [1.82, 2.24) is 26.6 Å². The molecule has 5 fully saturated rings. The lowest BCUT2D eigenvalue weighted by molar-refractivity contribution is -0.126. The van der Waals surface area contributed by atoms with Gasteiger partial charge in [-0.1, -0.05) is 88.3 Å². The quantitative estimate of drug-likeness (QED) is 0.0314. The number of phenolic OH excluding ortho intramolecular Hbond substituents is 1. The molecule has 3 aromatic carbocycles. The number of aryl methyl sites for hydroxylation is 3. The number of carbonyl (C=O) groups is 2. The minimum Gasteiger partial charge on any atom is -0.504 e. The molecule has 13 N–H and O–H groups in total. The van der Waals surface area contributed by atoms with Gasteiger partial charge in [0.25, 0.3) is 0 Å². The summed E-state index contributed by atoms with van der Waals surface area (Å²) in [5.41, 5.74) is 21.8. The molecule has 470 valence electrons. The van der Waals surface area contributed by atoms with Crippen LogP contribution in [0.4, 0.5) is 0 Å². The number of rotatable bonds is 14. The summed E-state index contributed by atoms with van der Waals surface area (Å²) >= 11 is 0. The zero-order chi connectivity index (χ0) is 60.5. The van der Waals surface area contributed by atoms with Crippen molar-refractivity contribution in [2.45, 2.75) is 147 Å². The lowest BCUT2D eigenvalue weighted by Crippen LogP contribution is -2.57. The van der Waals surface area contributed by atoms with Crippen molar-refractivity contribution in [2.24, 2.45) is 68.7 Å². The number of piperidine rings is 1. The highest BCUT2D eigenvalue weighted by molar-refractivity contribution is 8.76. The average Bonchev–Trinajstić information content (AvgIpc) is 1.62. The largest absolute Gasteiger partial charge is 0.504 e. The molecule has 1 spiro atoms. The Morgan fingerprint density at radius 1 is 0.897 bits per heavy atom. The minimum atomic E-state index is -0.697. The molecule has 3 aromatic rings. The maximum atomic E-state index is 14.6. The van der Waals surface area contributed by atoms with E-state index >= 15 is 0 Å². The number of nitrogens with one attached hydrogen (secondary N) is 5. The van der Waals surface area contributed by atoms with Gasteiger partial charge >= 0.3 is 0 Å². The molecule has 4 aliphatic carbocycles. The molecule has 9 aliphatic rings. The second-order valence-electron chi connectivity index (χ2n) is 27.0. The summed E-state index contributed by atoms with van der Waals surface area (Å²) < 4.78 is 5.51. The molecule has 13 atom stereocenters. The standard InChI is InChI=1S/C70H96N8O7S2/c1-44(81)37-76-65-36-69(35-60-58-20-23-73-38-52(58)27-50-11-6-22-74-66(50)60)33-49-15-17-64(69)70(65)21-18-48(34-70)19-24-75-68(72)78-42-87-86-41-61-57(16-14-47-10-5-9-46(25-47)13-12-45-7-3-2-4-8-45)53(39-77-67(61)71)28-51-30-62(84)63(85-43-80)32-59(51)54(40-79)29-56(83)31-55(82)26-49/h2-11,25,29-30,32,39,44,48-50,52,58,60,64-67,73-74,76-77,79-81,84H,12-24,26-28,31,33-38,40-43,71H2,1H3,(H3,72,75,78)/b54-29+/t44-,48+,49+,50-,52-,58-,60+,64-,65-,66-,67?,69+,70-/m0/s1. The Morgan fingerprint density at radius 2 is 1.71 bits per heavy atom. The number of Topliss-reactive ketones (excluding diaryl/α,β-unsaturated/α-hetero) is 1. The first kappa shape index (κ1) is 63.6.